The first-order chi connectivity index (χ1) is 6.73. The fraction of sp³-hybridized carbons (Fsp3) is 0.143. The lowest BCUT2D eigenvalue weighted by Crippen LogP contribution is -2.05. The van der Waals surface area contributed by atoms with Crippen molar-refractivity contribution in [2.24, 2.45) is 0 Å². The van der Waals surface area contributed by atoms with Crippen LogP contribution in [0.3, 0.4) is 0 Å². The topological polar surface area (TPSA) is 77.3 Å². The van der Waals surface area contributed by atoms with Gasteiger partial charge in [-0.05, 0) is 0 Å². The van der Waals surface area contributed by atoms with E-state index in [2.05, 4.69) is 0 Å². The third-order valence-electron chi connectivity index (χ3n) is 1.56. The number of sulfone groups is 1. The molecule has 0 heterocycles. The Kier molecular flexibility index (Phi) is 2.71. The normalized spacial score (nSPS) is 11.4. The Hall–Kier alpha value is -1.57. The smallest absolute Gasteiger partial charge is 0.258 e. The number of benzene rings is 1. The summed E-state index contributed by atoms with van der Waals surface area (Å²) in [5.41, 5.74) is -0.836. The van der Waals surface area contributed by atoms with Crippen LogP contribution >= 0.6 is 0 Å². The summed E-state index contributed by atoms with van der Waals surface area (Å²) in [5, 5.41) is 10.2. The number of non-ortho nitro benzene ring substituents is 1. The van der Waals surface area contributed by atoms with Gasteiger partial charge in [0, 0.05) is 6.26 Å². The van der Waals surface area contributed by atoms with E-state index in [1.165, 1.54) is 0 Å². The van der Waals surface area contributed by atoms with Gasteiger partial charge < -0.3 is 0 Å². The van der Waals surface area contributed by atoms with E-state index in [9.17, 15) is 27.3 Å². The minimum atomic E-state index is -4.08. The Morgan fingerprint density at radius 3 is 1.93 bits per heavy atom. The number of rotatable bonds is 2. The number of hydrogen-bond acceptors (Lipinski definition) is 4. The highest BCUT2D eigenvalue weighted by Gasteiger charge is 2.23. The van der Waals surface area contributed by atoms with Crippen LogP contribution in [-0.2, 0) is 9.84 Å². The maximum absolute atomic E-state index is 13.0. The molecule has 5 nitrogen and oxygen atoms in total. The van der Waals surface area contributed by atoms with E-state index < -0.39 is 37.0 Å². The van der Waals surface area contributed by atoms with Crippen LogP contribution in [0.5, 0.6) is 0 Å². The maximum atomic E-state index is 13.0. The largest absolute Gasteiger partial charge is 0.275 e. The summed E-state index contributed by atoms with van der Waals surface area (Å²) in [7, 11) is -4.08. The molecule has 1 aromatic carbocycles. The zero-order chi connectivity index (χ0) is 11.8. The van der Waals surface area contributed by atoms with Gasteiger partial charge in [0.05, 0.1) is 17.1 Å². The first-order valence-electron chi connectivity index (χ1n) is 3.57. The Bertz CT molecular complexity index is 503. The van der Waals surface area contributed by atoms with Crippen LogP contribution in [0.15, 0.2) is 17.0 Å². The Balaban J connectivity index is 3.55. The van der Waals surface area contributed by atoms with Crippen molar-refractivity contribution in [1.82, 2.24) is 0 Å². The molecule has 0 N–H and O–H groups in total. The van der Waals surface area contributed by atoms with Crippen molar-refractivity contribution in [3.63, 3.8) is 0 Å². The Morgan fingerprint density at radius 1 is 1.27 bits per heavy atom. The highest BCUT2D eigenvalue weighted by Crippen LogP contribution is 2.24. The Labute approximate surface area is 83.4 Å². The zero-order valence-corrected chi connectivity index (χ0v) is 8.22. The molecule has 0 aromatic heterocycles. The van der Waals surface area contributed by atoms with E-state index in [0.29, 0.717) is 18.4 Å². The first-order valence-corrected chi connectivity index (χ1v) is 5.46. The number of nitro benzene ring substituents is 1. The summed E-state index contributed by atoms with van der Waals surface area (Å²) in [6.07, 6.45) is 0.611. The molecule has 0 aliphatic heterocycles. The fourth-order valence-electron chi connectivity index (χ4n) is 1.01. The van der Waals surface area contributed by atoms with Crippen LogP contribution in [0.4, 0.5) is 14.5 Å². The standard InChI is InChI=1S/C7H5F2NO4S/c1-15(13,14)7-5(8)2-4(10(11)12)3-6(7)9/h2-3H,1H3. The molecule has 0 spiro atoms. The SMILES string of the molecule is CS(=O)(=O)c1c(F)cc([N+](=O)[O-])cc1F. The predicted octanol–water partition coefficient (Wildman–Crippen LogP) is 1.28. The van der Waals surface area contributed by atoms with Crippen molar-refractivity contribution >= 4 is 15.5 Å². The van der Waals surface area contributed by atoms with Crippen LogP contribution in [-0.4, -0.2) is 19.6 Å². The van der Waals surface area contributed by atoms with Crippen molar-refractivity contribution in [3.05, 3.63) is 33.9 Å². The van der Waals surface area contributed by atoms with Crippen molar-refractivity contribution in [2.75, 3.05) is 6.26 Å². The predicted molar refractivity (Wildman–Crippen MR) is 46.1 cm³/mol. The summed E-state index contributed by atoms with van der Waals surface area (Å²) in [6, 6.07) is 0.721. The molecule has 0 saturated heterocycles. The van der Waals surface area contributed by atoms with E-state index in [1.807, 2.05) is 0 Å². The van der Waals surface area contributed by atoms with Crippen LogP contribution < -0.4 is 0 Å². The van der Waals surface area contributed by atoms with Gasteiger partial charge in [-0.15, -0.1) is 0 Å². The molecule has 8 heteroatoms. The van der Waals surface area contributed by atoms with Crippen LogP contribution in [0.25, 0.3) is 0 Å². The highest BCUT2D eigenvalue weighted by atomic mass is 32.2. The van der Waals surface area contributed by atoms with E-state index in [4.69, 9.17) is 0 Å². The molecule has 0 fully saturated rings. The summed E-state index contributed by atoms with van der Waals surface area (Å²) in [5.74, 6) is -2.94. The molecule has 0 unspecified atom stereocenters. The monoisotopic (exact) mass is 237 g/mol. The van der Waals surface area contributed by atoms with Crippen molar-refractivity contribution in [2.45, 2.75) is 4.90 Å². The van der Waals surface area contributed by atoms with Gasteiger partial charge in [0.1, 0.15) is 4.90 Å². The molecule has 0 amide bonds. The fourth-order valence-corrected chi connectivity index (χ4v) is 1.83. The molecule has 0 radical (unpaired) electrons. The second-order valence-corrected chi connectivity index (χ2v) is 4.72. The lowest BCUT2D eigenvalue weighted by atomic mass is 10.3. The van der Waals surface area contributed by atoms with Crippen LogP contribution in [0.1, 0.15) is 0 Å². The van der Waals surface area contributed by atoms with Gasteiger partial charge in [-0.1, -0.05) is 0 Å². The van der Waals surface area contributed by atoms with E-state index in [0.717, 1.165) is 0 Å². The molecular formula is C7H5F2NO4S. The summed E-state index contributed by atoms with van der Waals surface area (Å²) in [4.78, 5) is 8.01. The average molecular weight is 237 g/mol. The maximum Gasteiger partial charge on any atom is 0.275 e. The van der Waals surface area contributed by atoms with Crippen LogP contribution in [0.2, 0.25) is 0 Å². The molecule has 0 bridgehead atoms. The molecule has 0 atom stereocenters. The highest BCUT2D eigenvalue weighted by molar-refractivity contribution is 7.90. The van der Waals surface area contributed by atoms with Gasteiger partial charge in [0.2, 0.25) is 0 Å². The zero-order valence-electron chi connectivity index (χ0n) is 7.40. The van der Waals surface area contributed by atoms with Gasteiger partial charge in [-0.25, -0.2) is 17.2 Å². The van der Waals surface area contributed by atoms with Crippen LogP contribution in [0, 0.1) is 21.7 Å². The third-order valence-corrected chi connectivity index (χ3v) is 2.70. The van der Waals surface area contributed by atoms with Gasteiger partial charge >= 0.3 is 0 Å². The summed E-state index contributed by atoms with van der Waals surface area (Å²) < 4.78 is 47.9. The number of halogens is 2. The van der Waals surface area contributed by atoms with Crippen molar-refractivity contribution in [3.8, 4) is 0 Å². The second-order valence-electron chi connectivity index (χ2n) is 2.77. The summed E-state index contributed by atoms with van der Waals surface area (Å²) >= 11 is 0. The number of nitrogens with zero attached hydrogens (tertiary/aromatic N) is 1. The molecular weight excluding hydrogens is 232 g/mol. The Morgan fingerprint density at radius 2 is 1.67 bits per heavy atom. The minimum absolute atomic E-state index is 0.361. The van der Waals surface area contributed by atoms with E-state index in [1.54, 1.807) is 0 Å². The number of nitro groups is 1. The lowest BCUT2D eigenvalue weighted by molar-refractivity contribution is -0.385. The second kappa shape index (κ2) is 3.54. The molecule has 0 saturated carbocycles. The quantitative estimate of drug-likeness (QED) is 0.573. The minimum Gasteiger partial charge on any atom is -0.258 e. The first kappa shape index (κ1) is 11.5. The molecule has 1 aromatic rings. The van der Waals surface area contributed by atoms with Gasteiger partial charge in [-0.3, -0.25) is 10.1 Å². The molecule has 1 rings (SSSR count). The van der Waals surface area contributed by atoms with Crippen molar-refractivity contribution < 1.29 is 22.1 Å². The van der Waals surface area contributed by atoms with Gasteiger partial charge in [0.25, 0.3) is 5.69 Å². The molecule has 0 aliphatic rings. The molecule has 82 valence electrons. The van der Waals surface area contributed by atoms with Gasteiger partial charge in [-0.2, -0.15) is 0 Å². The van der Waals surface area contributed by atoms with Gasteiger partial charge in [0.15, 0.2) is 21.5 Å². The summed E-state index contributed by atoms with van der Waals surface area (Å²) in [6.45, 7) is 0. The van der Waals surface area contributed by atoms with E-state index >= 15 is 0 Å². The number of hydrogen-bond donors (Lipinski definition) is 0. The molecule has 15 heavy (non-hydrogen) atoms. The lowest BCUT2D eigenvalue weighted by Gasteiger charge is -2.01. The van der Waals surface area contributed by atoms with E-state index in [-0.39, 0.29) is 0 Å². The third kappa shape index (κ3) is 2.27. The van der Waals surface area contributed by atoms with Crippen molar-refractivity contribution in [1.29, 1.82) is 0 Å². The molecule has 0 aliphatic carbocycles. The average Bonchev–Trinajstić information content (AvgIpc) is 1.99.